The Morgan fingerprint density at radius 3 is 2.84 bits per heavy atom. The van der Waals surface area contributed by atoms with Gasteiger partial charge < -0.3 is 10.2 Å². The molecule has 1 aromatic carbocycles. The van der Waals surface area contributed by atoms with Gasteiger partial charge in [0.25, 0.3) is 0 Å². The number of likely N-dealkylation sites (tertiary alicyclic amines) is 1. The number of Topliss-reactive ketones (excluding diaryl/α,β-unsaturated/α-hetero) is 1. The van der Waals surface area contributed by atoms with Crippen molar-refractivity contribution < 1.29 is 15.0 Å². The number of benzene rings is 1. The molecule has 1 fully saturated rings. The predicted molar refractivity (Wildman–Crippen MR) is 73.2 cm³/mol. The van der Waals surface area contributed by atoms with Crippen LogP contribution >= 0.6 is 0 Å². The van der Waals surface area contributed by atoms with Gasteiger partial charge in [-0.2, -0.15) is 0 Å². The Labute approximate surface area is 113 Å². The van der Waals surface area contributed by atoms with Gasteiger partial charge in [-0.05, 0) is 51.4 Å². The van der Waals surface area contributed by atoms with Crippen LogP contribution in [0.25, 0.3) is 0 Å². The Hall–Kier alpha value is -1.39. The Morgan fingerprint density at radius 2 is 2.21 bits per heavy atom. The highest BCUT2D eigenvalue weighted by Crippen LogP contribution is 2.25. The van der Waals surface area contributed by atoms with Crippen molar-refractivity contribution in [3.8, 4) is 5.75 Å². The van der Waals surface area contributed by atoms with Gasteiger partial charge in [0.1, 0.15) is 5.75 Å². The number of β-amino-alcohol motifs (C(OH)–C–C–N with tert-alkyl or cyclic N) is 1. The van der Waals surface area contributed by atoms with E-state index < -0.39 is 5.60 Å². The molecule has 0 amide bonds. The average molecular weight is 263 g/mol. The van der Waals surface area contributed by atoms with Crippen LogP contribution in [0.4, 0.5) is 0 Å². The van der Waals surface area contributed by atoms with Crippen molar-refractivity contribution in [3.05, 3.63) is 29.3 Å². The van der Waals surface area contributed by atoms with Crippen LogP contribution < -0.4 is 0 Å². The Balaban J connectivity index is 2.14. The molecule has 19 heavy (non-hydrogen) atoms. The minimum absolute atomic E-state index is 0.00751. The number of nitrogens with zero attached hydrogens (tertiary/aromatic N) is 1. The minimum Gasteiger partial charge on any atom is -0.508 e. The monoisotopic (exact) mass is 263 g/mol. The lowest BCUT2D eigenvalue weighted by Crippen LogP contribution is -2.45. The second-order valence-corrected chi connectivity index (χ2v) is 5.71. The van der Waals surface area contributed by atoms with Crippen molar-refractivity contribution in [2.75, 3.05) is 13.1 Å². The van der Waals surface area contributed by atoms with Crippen LogP contribution in [0.2, 0.25) is 0 Å². The number of rotatable bonds is 3. The van der Waals surface area contributed by atoms with Crippen molar-refractivity contribution in [2.45, 2.75) is 38.8 Å². The summed E-state index contributed by atoms with van der Waals surface area (Å²) in [5, 5.41) is 20.0. The lowest BCUT2D eigenvalue weighted by Gasteiger charge is -2.36. The zero-order chi connectivity index (χ0) is 14.0. The highest BCUT2D eigenvalue weighted by atomic mass is 16.3. The van der Waals surface area contributed by atoms with Gasteiger partial charge in [-0.25, -0.2) is 0 Å². The molecule has 0 saturated carbocycles. The van der Waals surface area contributed by atoms with Crippen molar-refractivity contribution in [1.82, 2.24) is 4.90 Å². The summed E-state index contributed by atoms with van der Waals surface area (Å²) >= 11 is 0. The molecule has 1 aromatic rings. The van der Waals surface area contributed by atoms with Crippen molar-refractivity contribution in [2.24, 2.45) is 0 Å². The van der Waals surface area contributed by atoms with E-state index in [4.69, 9.17) is 0 Å². The molecule has 2 N–H and O–H groups in total. The Kier molecular flexibility index (Phi) is 3.92. The smallest absolute Gasteiger partial charge is 0.159 e. The maximum absolute atomic E-state index is 11.4. The SMILES string of the molecule is CC(=O)c1ccc(O)c(CN2CCCC(C)(O)C2)c1. The second-order valence-electron chi connectivity index (χ2n) is 5.71. The molecule has 104 valence electrons. The highest BCUT2D eigenvalue weighted by Gasteiger charge is 2.28. The van der Waals surface area contributed by atoms with Gasteiger partial charge >= 0.3 is 0 Å². The molecule has 1 unspecified atom stereocenters. The summed E-state index contributed by atoms with van der Waals surface area (Å²) in [5.41, 5.74) is 0.688. The van der Waals surface area contributed by atoms with Gasteiger partial charge in [0.05, 0.1) is 5.60 Å². The molecule has 0 aliphatic carbocycles. The zero-order valence-electron chi connectivity index (χ0n) is 11.5. The molecule has 2 rings (SSSR count). The fourth-order valence-electron chi connectivity index (χ4n) is 2.63. The molecule has 1 atom stereocenters. The van der Waals surface area contributed by atoms with Gasteiger partial charge in [-0.15, -0.1) is 0 Å². The summed E-state index contributed by atoms with van der Waals surface area (Å²) in [6, 6.07) is 4.93. The van der Waals surface area contributed by atoms with E-state index in [1.54, 1.807) is 18.2 Å². The number of aromatic hydroxyl groups is 1. The topological polar surface area (TPSA) is 60.8 Å². The fourth-order valence-corrected chi connectivity index (χ4v) is 2.63. The van der Waals surface area contributed by atoms with Crippen molar-refractivity contribution >= 4 is 5.78 Å². The summed E-state index contributed by atoms with van der Waals surface area (Å²) in [6.45, 7) is 5.41. The number of piperidine rings is 1. The van der Waals surface area contributed by atoms with E-state index in [1.807, 2.05) is 6.92 Å². The molecule has 1 aliphatic heterocycles. The second kappa shape index (κ2) is 5.31. The third kappa shape index (κ3) is 3.55. The number of aliphatic hydroxyl groups is 1. The first kappa shape index (κ1) is 14.0. The molecule has 0 radical (unpaired) electrons. The Bertz CT molecular complexity index is 482. The van der Waals surface area contributed by atoms with E-state index in [9.17, 15) is 15.0 Å². The van der Waals surface area contributed by atoms with Crippen LogP contribution in [0.3, 0.4) is 0 Å². The maximum atomic E-state index is 11.4. The van der Waals surface area contributed by atoms with Crippen LogP contribution in [-0.4, -0.2) is 39.6 Å². The number of hydrogen-bond acceptors (Lipinski definition) is 4. The number of ketones is 1. The van der Waals surface area contributed by atoms with E-state index in [-0.39, 0.29) is 11.5 Å². The molecule has 1 saturated heterocycles. The number of phenolic OH excluding ortho intramolecular Hbond substituents is 1. The lowest BCUT2D eigenvalue weighted by atomic mass is 9.94. The van der Waals surface area contributed by atoms with Gasteiger partial charge in [-0.3, -0.25) is 9.69 Å². The van der Waals surface area contributed by atoms with E-state index in [1.165, 1.54) is 6.92 Å². The first-order valence-corrected chi connectivity index (χ1v) is 6.65. The molecular weight excluding hydrogens is 242 g/mol. The average Bonchev–Trinajstić information content (AvgIpc) is 2.30. The van der Waals surface area contributed by atoms with Gasteiger partial charge in [0.15, 0.2) is 5.78 Å². The van der Waals surface area contributed by atoms with E-state index in [0.29, 0.717) is 18.7 Å². The molecule has 4 heteroatoms. The number of carbonyl (C=O) groups excluding carboxylic acids is 1. The van der Waals surface area contributed by atoms with Gasteiger partial charge in [-0.1, -0.05) is 0 Å². The fraction of sp³-hybridized carbons (Fsp3) is 0.533. The number of hydrogen-bond donors (Lipinski definition) is 2. The molecule has 0 aromatic heterocycles. The van der Waals surface area contributed by atoms with Gasteiger partial charge in [0.2, 0.25) is 0 Å². The quantitative estimate of drug-likeness (QED) is 0.818. The van der Waals surface area contributed by atoms with E-state index in [0.717, 1.165) is 24.9 Å². The van der Waals surface area contributed by atoms with Gasteiger partial charge in [0, 0.05) is 24.2 Å². The Morgan fingerprint density at radius 1 is 1.47 bits per heavy atom. The highest BCUT2D eigenvalue weighted by molar-refractivity contribution is 5.94. The summed E-state index contributed by atoms with van der Waals surface area (Å²) in [6.07, 6.45) is 1.75. The van der Waals surface area contributed by atoms with Crippen LogP contribution in [-0.2, 0) is 6.54 Å². The minimum atomic E-state index is -0.661. The van der Waals surface area contributed by atoms with Crippen molar-refractivity contribution in [1.29, 1.82) is 0 Å². The normalized spacial score (nSPS) is 24.4. The van der Waals surface area contributed by atoms with Crippen LogP contribution in [0.1, 0.15) is 42.6 Å². The third-order valence-corrected chi connectivity index (χ3v) is 3.63. The maximum Gasteiger partial charge on any atom is 0.159 e. The first-order valence-electron chi connectivity index (χ1n) is 6.65. The van der Waals surface area contributed by atoms with Crippen molar-refractivity contribution in [3.63, 3.8) is 0 Å². The largest absolute Gasteiger partial charge is 0.508 e. The lowest BCUT2D eigenvalue weighted by molar-refractivity contribution is -0.0183. The molecular formula is C15H21NO3. The number of phenols is 1. The van der Waals surface area contributed by atoms with E-state index >= 15 is 0 Å². The number of carbonyl (C=O) groups is 1. The molecule has 0 bridgehead atoms. The predicted octanol–water partition coefficient (Wildman–Crippen LogP) is 1.94. The van der Waals surface area contributed by atoms with Crippen LogP contribution in [0.5, 0.6) is 5.75 Å². The molecule has 0 spiro atoms. The summed E-state index contributed by atoms with van der Waals surface area (Å²) < 4.78 is 0. The van der Waals surface area contributed by atoms with E-state index in [2.05, 4.69) is 4.90 Å². The van der Waals surface area contributed by atoms with Crippen LogP contribution in [0.15, 0.2) is 18.2 Å². The summed E-state index contributed by atoms with van der Waals surface area (Å²) in [5.74, 6) is 0.196. The first-order chi connectivity index (χ1) is 8.87. The van der Waals surface area contributed by atoms with Crippen LogP contribution in [0, 0.1) is 0 Å². The molecule has 1 heterocycles. The zero-order valence-corrected chi connectivity index (χ0v) is 11.5. The standard InChI is InChI=1S/C15H21NO3/c1-11(17)12-4-5-14(18)13(8-12)9-16-7-3-6-15(2,19)10-16/h4-5,8,18-19H,3,6-7,9-10H2,1-2H3. The molecule has 1 aliphatic rings. The summed E-state index contributed by atoms with van der Waals surface area (Å²) in [4.78, 5) is 13.5. The molecule has 4 nitrogen and oxygen atoms in total. The summed E-state index contributed by atoms with van der Waals surface area (Å²) in [7, 11) is 0. The third-order valence-electron chi connectivity index (χ3n) is 3.63.